The lowest BCUT2D eigenvalue weighted by Crippen LogP contribution is -2.32. The first-order valence-corrected chi connectivity index (χ1v) is 7.59. The molecule has 1 N–H and O–H groups in total. The van der Waals surface area contributed by atoms with E-state index in [2.05, 4.69) is 20.5 Å². The van der Waals surface area contributed by atoms with Crippen molar-refractivity contribution in [3.05, 3.63) is 17.6 Å². The molecule has 6 nitrogen and oxygen atoms in total. The zero-order valence-corrected chi connectivity index (χ0v) is 12.6. The Hall–Kier alpha value is -1.63. The van der Waals surface area contributed by atoms with Crippen LogP contribution in [0.15, 0.2) is 11.2 Å². The second kappa shape index (κ2) is 5.05. The van der Waals surface area contributed by atoms with Gasteiger partial charge < -0.3 is 5.32 Å². The number of hydrogen-bond donors (Lipinski definition) is 1. The summed E-state index contributed by atoms with van der Waals surface area (Å²) in [5.74, 6) is 0.897. The Morgan fingerprint density at radius 2 is 2.20 bits per heavy atom. The number of fused-ring (bicyclic) bond motifs is 1. The van der Waals surface area contributed by atoms with Crippen LogP contribution in [0.5, 0.6) is 0 Å². The number of carbonyl (C=O) groups excluding carboxylic acids is 1. The molecular weight excluding hydrogens is 274 g/mol. The van der Waals surface area contributed by atoms with Crippen molar-refractivity contribution in [3.8, 4) is 0 Å². The SMILES string of the molecule is Cc1cc2nnc(S[C@@H](C)C(=O)NC3CC3)n2c(C)n1. The average molecular weight is 291 g/mol. The number of amides is 1. The van der Waals surface area contributed by atoms with Gasteiger partial charge in [0, 0.05) is 17.8 Å². The predicted molar refractivity (Wildman–Crippen MR) is 76.7 cm³/mol. The van der Waals surface area contributed by atoms with Crippen molar-refractivity contribution in [1.82, 2.24) is 24.9 Å². The lowest BCUT2D eigenvalue weighted by atomic mass is 10.4. The molecule has 2 heterocycles. The van der Waals surface area contributed by atoms with E-state index in [9.17, 15) is 4.79 Å². The molecule has 1 aliphatic rings. The number of thioether (sulfide) groups is 1. The van der Waals surface area contributed by atoms with Crippen molar-refractivity contribution >= 4 is 23.3 Å². The fourth-order valence-electron chi connectivity index (χ4n) is 2.04. The molecule has 106 valence electrons. The molecule has 0 radical (unpaired) electrons. The smallest absolute Gasteiger partial charge is 0.233 e. The van der Waals surface area contributed by atoms with Gasteiger partial charge in [-0.2, -0.15) is 0 Å². The van der Waals surface area contributed by atoms with Gasteiger partial charge in [-0.15, -0.1) is 10.2 Å². The molecule has 7 heteroatoms. The predicted octanol–water partition coefficient (Wildman–Crippen LogP) is 1.50. The Kier molecular flexibility index (Phi) is 3.37. The molecule has 0 spiro atoms. The number of nitrogens with zero attached hydrogens (tertiary/aromatic N) is 4. The largest absolute Gasteiger partial charge is 0.352 e. The third-order valence-electron chi connectivity index (χ3n) is 3.23. The lowest BCUT2D eigenvalue weighted by Gasteiger charge is -2.10. The number of aromatic nitrogens is 4. The van der Waals surface area contributed by atoms with Gasteiger partial charge in [0.05, 0.1) is 5.25 Å². The molecule has 0 saturated heterocycles. The van der Waals surface area contributed by atoms with E-state index in [-0.39, 0.29) is 11.2 Å². The first-order chi connectivity index (χ1) is 9.54. The first kappa shape index (κ1) is 13.4. The maximum atomic E-state index is 12.0. The van der Waals surface area contributed by atoms with Gasteiger partial charge in [-0.05, 0) is 33.6 Å². The summed E-state index contributed by atoms with van der Waals surface area (Å²) in [6.07, 6.45) is 2.19. The quantitative estimate of drug-likeness (QED) is 0.864. The Morgan fingerprint density at radius 1 is 1.45 bits per heavy atom. The highest BCUT2D eigenvalue weighted by Crippen LogP contribution is 2.25. The van der Waals surface area contributed by atoms with Crippen LogP contribution in [-0.4, -0.2) is 36.8 Å². The average Bonchev–Trinajstić information content (AvgIpc) is 3.10. The fourth-order valence-corrected chi connectivity index (χ4v) is 2.95. The van der Waals surface area contributed by atoms with Crippen LogP contribution in [0.2, 0.25) is 0 Å². The summed E-state index contributed by atoms with van der Waals surface area (Å²) in [7, 11) is 0. The minimum atomic E-state index is -0.191. The topological polar surface area (TPSA) is 72.2 Å². The molecular formula is C13H17N5OS. The van der Waals surface area contributed by atoms with Gasteiger partial charge >= 0.3 is 0 Å². The number of nitrogens with one attached hydrogen (secondary N) is 1. The maximum Gasteiger partial charge on any atom is 0.233 e. The fraction of sp³-hybridized carbons (Fsp3) is 0.538. The third kappa shape index (κ3) is 2.63. The molecule has 0 aliphatic heterocycles. The van der Waals surface area contributed by atoms with Crippen LogP contribution < -0.4 is 5.32 Å². The normalized spacial score (nSPS) is 16.4. The van der Waals surface area contributed by atoms with Gasteiger partial charge in [0.2, 0.25) is 5.91 Å². The second-order valence-corrected chi connectivity index (χ2v) is 6.47. The van der Waals surface area contributed by atoms with Crippen LogP contribution in [0.25, 0.3) is 5.65 Å². The van der Waals surface area contributed by atoms with E-state index in [0.29, 0.717) is 11.2 Å². The molecule has 0 unspecified atom stereocenters. The van der Waals surface area contributed by atoms with Crippen molar-refractivity contribution in [2.75, 3.05) is 0 Å². The summed E-state index contributed by atoms with van der Waals surface area (Å²) in [6, 6.07) is 2.27. The van der Waals surface area contributed by atoms with Gasteiger partial charge in [0.25, 0.3) is 0 Å². The molecule has 3 rings (SSSR count). The van der Waals surface area contributed by atoms with E-state index < -0.39 is 0 Å². The van der Waals surface area contributed by atoms with Crippen LogP contribution in [0, 0.1) is 13.8 Å². The minimum Gasteiger partial charge on any atom is -0.352 e. The molecule has 0 aromatic carbocycles. The molecule has 2 aromatic rings. The van der Waals surface area contributed by atoms with Crippen LogP contribution in [0.3, 0.4) is 0 Å². The summed E-state index contributed by atoms with van der Waals surface area (Å²) in [5, 5.41) is 11.8. The maximum absolute atomic E-state index is 12.0. The molecule has 1 amide bonds. The van der Waals surface area contributed by atoms with E-state index in [1.165, 1.54) is 11.8 Å². The highest BCUT2D eigenvalue weighted by molar-refractivity contribution is 8.00. The van der Waals surface area contributed by atoms with Crippen molar-refractivity contribution in [2.45, 2.75) is 50.1 Å². The molecule has 1 fully saturated rings. The second-order valence-electron chi connectivity index (χ2n) is 5.16. The molecule has 1 saturated carbocycles. The van der Waals surface area contributed by atoms with E-state index in [4.69, 9.17) is 0 Å². The highest BCUT2D eigenvalue weighted by atomic mass is 32.2. The van der Waals surface area contributed by atoms with Gasteiger partial charge in [-0.25, -0.2) is 4.98 Å². The summed E-state index contributed by atoms with van der Waals surface area (Å²) < 4.78 is 1.89. The van der Waals surface area contributed by atoms with Gasteiger partial charge in [0.1, 0.15) is 5.82 Å². The van der Waals surface area contributed by atoms with Gasteiger partial charge in [-0.1, -0.05) is 11.8 Å². The van der Waals surface area contributed by atoms with Crippen molar-refractivity contribution in [1.29, 1.82) is 0 Å². The molecule has 20 heavy (non-hydrogen) atoms. The van der Waals surface area contributed by atoms with Crippen molar-refractivity contribution in [3.63, 3.8) is 0 Å². The van der Waals surface area contributed by atoms with Crippen LogP contribution >= 0.6 is 11.8 Å². The zero-order chi connectivity index (χ0) is 14.3. The summed E-state index contributed by atoms with van der Waals surface area (Å²) in [6.45, 7) is 5.74. The third-order valence-corrected chi connectivity index (χ3v) is 4.28. The van der Waals surface area contributed by atoms with Gasteiger partial charge in [0.15, 0.2) is 10.8 Å². The number of rotatable bonds is 4. The van der Waals surface area contributed by atoms with Gasteiger partial charge in [-0.3, -0.25) is 9.20 Å². The van der Waals surface area contributed by atoms with E-state index in [1.54, 1.807) is 0 Å². The monoisotopic (exact) mass is 291 g/mol. The summed E-state index contributed by atoms with van der Waals surface area (Å²) in [5.41, 5.74) is 1.69. The molecule has 0 bridgehead atoms. The van der Waals surface area contributed by atoms with Crippen molar-refractivity contribution in [2.24, 2.45) is 0 Å². The zero-order valence-electron chi connectivity index (χ0n) is 11.8. The van der Waals surface area contributed by atoms with Crippen LogP contribution in [-0.2, 0) is 4.79 Å². The molecule has 1 atom stereocenters. The van der Waals surface area contributed by atoms with Crippen LogP contribution in [0.4, 0.5) is 0 Å². The number of carbonyl (C=O) groups is 1. The van der Waals surface area contributed by atoms with E-state index in [0.717, 1.165) is 30.0 Å². The Bertz CT molecular complexity index is 664. The lowest BCUT2D eigenvalue weighted by molar-refractivity contribution is -0.120. The first-order valence-electron chi connectivity index (χ1n) is 6.71. The molecule has 2 aromatic heterocycles. The Labute approximate surface area is 121 Å². The number of aryl methyl sites for hydroxylation is 2. The minimum absolute atomic E-state index is 0.0620. The molecule has 1 aliphatic carbocycles. The number of hydrogen-bond acceptors (Lipinski definition) is 5. The van der Waals surface area contributed by atoms with Crippen molar-refractivity contribution < 1.29 is 4.79 Å². The van der Waals surface area contributed by atoms with E-state index >= 15 is 0 Å². The highest BCUT2D eigenvalue weighted by Gasteiger charge is 2.27. The van der Waals surface area contributed by atoms with Crippen LogP contribution in [0.1, 0.15) is 31.3 Å². The Balaban J connectivity index is 1.81. The van der Waals surface area contributed by atoms with E-state index in [1.807, 2.05) is 31.2 Å². The standard InChI is InChI=1S/C13H17N5OS/c1-7-6-11-16-17-13(18(11)9(3)14-7)20-8(2)12(19)15-10-4-5-10/h6,8,10H,4-5H2,1-3H3,(H,15,19)/t8-/m0/s1. The summed E-state index contributed by atoms with van der Waals surface area (Å²) in [4.78, 5) is 16.4. The Morgan fingerprint density at radius 3 is 2.90 bits per heavy atom. The summed E-state index contributed by atoms with van der Waals surface area (Å²) >= 11 is 1.41.